The minimum atomic E-state index is -4.38. The molecule has 2 amide bonds. The summed E-state index contributed by atoms with van der Waals surface area (Å²) in [6.45, 7) is 2.59. The first-order valence-corrected chi connectivity index (χ1v) is 11.5. The average molecular weight is 493 g/mol. The summed E-state index contributed by atoms with van der Waals surface area (Å²) >= 11 is 0. The van der Waals surface area contributed by atoms with E-state index < -0.39 is 18.0 Å². The molecule has 5 rings (SSSR count). The number of carbonyl (C=O) groups is 2. The van der Waals surface area contributed by atoms with Gasteiger partial charge in [0, 0.05) is 12.1 Å². The normalized spacial score (nSPS) is 17.3. The highest BCUT2D eigenvalue weighted by Crippen LogP contribution is 2.33. The topological polar surface area (TPSA) is 62.2 Å². The van der Waals surface area contributed by atoms with Gasteiger partial charge in [0.05, 0.1) is 23.2 Å². The van der Waals surface area contributed by atoms with Gasteiger partial charge in [-0.25, -0.2) is 0 Å². The van der Waals surface area contributed by atoms with Crippen molar-refractivity contribution < 1.29 is 27.6 Å². The molecule has 1 unspecified atom stereocenters. The number of alkyl halides is 3. The first-order chi connectivity index (χ1) is 17.3. The molecule has 0 saturated carbocycles. The number of halogens is 3. The Hall–Kier alpha value is -4.14. The fourth-order valence-corrected chi connectivity index (χ4v) is 4.42. The van der Waals surface area contributed by atoms with E-state index in [1.165, 1.54) is 17.0 Å². The van der Waals surface area contributed by atoms with Gasteiger partial charge in [-0.3, -0.25) is 14.5 Å². The summed E-state index contributed by atoms with van der Waals surface area (Å²) in [6, 6.07) is 19.0. The molecule has 3 aromatic rings. The van der Waals surface area contributed by atoms with Crippen molar-refractivity contribution in [1.82, 2.24) is 9.80 Å². The van der Waals surface area contributed by atoms with Gasteiger partial charge >= 0.3 is 6.18 Å². The molecule has 0 N–H and O–H groups in total. The Morgan fingerprint density at radius 3 is 1.94 bits per heavy atom. The zero-order valence-electron chi connectivity index (χ0n) is 19.3. The summed E-state index contributed by atoms with van der Waals surface area (Å²) in [7, 11) is 0. The second-order valence-corrected chi connectivity index (χ2v) is 8.60. The fourth-order valence-electron chi connectivity index (χ4n) is 4.42. The van der Waals surface area contributed by atoms with Crippen LogP contribution in [0.1, 0.15) is 51.4 Å². The van der Waals surface area contributed by atoms with E-state index in [9.17, 15) is 22.8 Å². The Morgan fingerprint density at radius 2 is 1.42 bits per heavy atom. The lowest BCUT2D eigenvalue weighted by Crippen LogP contribution is -2.42. The van der Waals surface area contributed by atoms with Crippen LogP contribution in [-0.4, -0.2) is 40.5 Å². The van der Waals surface area contributed by atoms with Crippen molar-refractivity contribution in [2.75, 3.05) is 13.1 Å². The molecule has 3 aromatic carbocycles. The number of nitrogens with zero attached hydrogens (tertiary/aromatic N) is 3. The molecule has 0 radical (unpaired) electrons. The Balaban J connectivity index is 1.32. The molecular weight excluding hydrogens is 471 g/mol. The van der Waals surface area contributed by atoms with Crippen LogP contribution in [0.2, 0.25) is 0 Å². The SMILES string of the molecule is CCCN1C(CN2C(=O)c3ccccc3C2=O)=NOC1c1ccc(-c2ccc(C(F)(F)F)cc2)cc1. The third kappa shape index (κ3) is 4.21. The summed E-state index contributed by atoms with van der Waals surface area (Å²) in [5.41, 5.74) is 2.27. The lowest BCUT2D eigenvalue weighted by atomic mass is 10.0. The minimum Gasteiger partial charge on any atom is -0.364 e. The van der Waals surface area contributed by atoms with Gasteiger partial charge in [-0.05, 0) is 41.8 Å². The molecular formula is C27H22F3N3O3. The molecule has 0 bridgehead atoms. The number of carbonyl (C=O) groups excluding carboxylic acids is 2. The van der Waals surface area contributed by atoms with Gasteiger partial charge in [0.1, 0.15) is 0 Å². The fraction of sp³-hybridized carbons (Fsp3) is 0.222. The van der Waals surface area contributed by atoms with Crippen LogP contribution in [0.3, 0.4) is 0 Å². The van der Waals surface area contributed by atoms with Gasteiger partial charge in [-0.2, -0.15) is 13.2 Å². The number of oxime groups is 1. The number of amides is 2. The van der Waals surface area contributed by atoms with E-state index in [1.807, 2.05) is 36.1 Å². The maximum Gasteiger partial charge on any atom is 0.416 e. The number of hydrogen-bond donors (Lipinski definition) is 0. The zero-order valence-corrected chi connectivity index (χ0v) is 19.3. The molecule has 184 valence electrons. The summed E-state index contributed by atoms with van der Waals surface area (Å²) in [4.78, 5) is 34.4. The van der Waals surface area contributed by atoms with Gasteiger partial charge in [0.15, 0.2) is 5.84 Å². The molecule has 2 aliphatic heterocycles. The molecule has 1 atom stereocenters. The first kappa shape index (κ1) is 23.6. The van der Waals surface area contributed by atoms with E-state index >= 15 is 0 Å². The predicted molar refractivity (Wildman–Crippen MR) is 127 cm³/mol. The third-order valence-electron chi connectivity index (χ3n) is 6.26. The monoisotopic (exact) mass is 493 g/mol. The lowest BCUT2D eigenvalue weighted by Gasteiger charge is -2.26. The highest BCUT2D eigenvalue weighted by molar-refractivity contribution is 6.22. The first-order valence-electron chi connectivity index (χ1n) is 11.5. The number of imide groups is 1. The largest absolute Gasteiger partial charge is 0.416 e. The van der Waals surface area contributed by atoms with Crippen molar-refractivity contribution in [2.24, 2.45) is 5.16 Å². The van der Waals surface area contributed by atoms with Crippen LogP contribution < -0.4 is 0 Å². The molecule has 0 fully saturated rings. The highest BCUT2D eigenvalue weighted by atomic mass is 19.4. The van der Waals surface area contributed by atoms with Crippen LogP contribution >= 0.6 is 0 Å². The molecule has 2 heterocycles. The van der Waals surface area contributed by atoms with Crippen molar-refractivity contribution in [3.8, 4) is 11.1 Å². The number of amidine groups is 1. The van der Waals surface area contributed by atoms with E-state index in [1.54, 1.807) is 24.3 Å². The second-order valence-electron chi connectivity index (χ2n) is 8.60. The molecule has 2 aliphatic rings. The quantitative estimate of drug-likeness (QED) is 0.412. The van der Waals surface area contributed by atoms with E-state index in [0.717, 1.165) is 29.7 Å². The van der Waals surface area contributed by atoms with Crippen molar-refractivity contribution in [3.05, 3.63) is 95.1 Å². The summed E-state index contributed by atoms with van der Waals surface area (Å²) in [5.74, 6) is -0.249. The number of rotatable bonds is 6. The molecule has 0 aliphatic carbocycles. The smallest absolute Gasteiger partial charge is 0.364 e. The van der Waals surface area contributed by atoms with Crippen LogP contribution in [0.25, 0.3) is 11.1 Å². The number of benzene rings is 3. The summed E-state index contributed by atoms with van der Waals surface area (Å²) in [6.07, 6.45) is -4.14. The Morgan fingerprint density at radius 1 is 0.861 bits per heavy atom. The maximum absolute atomic E-state index is 12.8. The summed E-state index contributed by atoms with van der Waals surface area (Å²) in [5, 5.41) is 4.19. The van der Waals surface area contributed by atoms with Gasteiger partial charge < -0.3 is 9.74 Å². The van der Waals surface area contributed by atoms with Crippen molar-refractivity contribution in [1.29, 1.82) is 0 Å². The van der Waals surface area contributed by atoms with Gasteiger partial charge in [-0.15, -0.1) is 0 Å². The van der Waals surface area contributed by atoms with E-state index in [0.29, 0.717) is 29.1 Å². The minimum absolute atomic E-state index is 0.00746. The standard InChI is InChI=1S/C27H22F3N3O3/c1-2-15-32-23(16-33-24(34)21-5-3-4-6-22(21)25(33)35)31-36-26(32)19-9-7-17(8-10-19)18-11-13-20(14-12-18)27(28,29)30/h3-14,26H,2,15-16H2,1H3. The maximum atomic E-state index is 12.8. The van der Waals surface area contributed by atoms with Crippen molar-refractivity contribution in [3.63, 3.8) is 0 Å². The van der Waals surface area contributed by atoms with Crippen LogP contribution in [-0.2, 0) is 11.0 Å². The van der Waals surface area contributed by atoms with Crippen molar-refractivity contribution >= 4 is 17.6 Å². The molecule has 0 aromatic heterocycles. The van der Waals surface area contributed by atoms with E-state index in [2.05, 4.69) is 5.16 Å². The van der Waals surface area contributed by atoms with E-state index in [4.69, 9.17) is 4.84 Å². The Labute approximate surface area is 205 Å². The number of fused-ring (bicyclic) bond motifs is 1. The molecule has 9 heteroatoms. The molecule has 0 saturated heterocycles. The molecule has 36 heavy (non-hydrogen) atoms. The third-order valence-corrected chi connectivity index (χ3v) is 6.26. The average Bonchev–Trinajstić information content (AvgIpc) is 3.38. The lowest BCUT2D eigenvalue weighted by molar-refractivity contribution is -0.137. The van der Waals surface area contributed by atoms with Gasteiger partial charge in [-0.1, -0.05) is 60.6 Å². The van der Waals surface area contributed by atoms with Gasteiger partial charge in [0.25, 0.3) is 11.8 Å². The van der Waals surface area contributed by atoms with E-state index in [-0.39, 0.29) is 18.4 Å². The summed E-state index contributed by atoms with van der Waals surface area (Å²) < 4.78 is 38.5. The van der Waals surface area contributed by atoms with Crippen LogP contribution in [0.15, 0.2) is 78.0 Å². The van der Waals surface area contributed by atoms with Gasteiger partial charge in [0.2, 0.25) is 6.23 Å². The second kappa shape index (κ2) is 9.14. The molecule has 6 nitrogen and oxygen atoms in total. The van der Waals surface area contributed by atoms with Crippen LogP contribution in [0, 0.1) is 0 Å². The van der Waals surface area contributed by atoms with Crippen LogP contribution in [0.4, 0.5) is 13.2 Å². The van der Waals surface area contributed by atoms with Crippen molar-refractivity contribution in [2.45, 2.75) is 25.7 Å². The Bertz CT molecular complexity index is 1300. The zero-order chi connectivity index (χ0) is 25.4. The van der Waals surface area contributed by atoms with Crippen LogP contribution in [0.5, 0.6) is 0 Å². The Kier molecular flexibility index (Phi) is 5.99. The predicted octanol–water partition coefficient (Wildman–Crippen LogP) is 5.72. The highest BCUT2D eigenvalue weighted by Gasteiger charge is 2.39. The molecule has 0 spiro atoms. The number of hydrogen-bond acceptors (Lipinski definition) is 5.